The molecule has 1 aliphatic carbocycles. The maximum atomic E-state index is 10.2. The first-order valence-electron chi connectivity index (χ1n) is 9.97. The van der Waals surface area contributed by atoms with E-state index in [1.807, 2.05) is 12.1 Å². The molecule has 0 radical (unpaired) electrons. The first kappa shape index (κ1) is 21.0. The number of fused-ring (bicyclic) bond motifs is 1. The summed E-state index contributed by atoms with van der Waals surface area (Å²) in [4.78, 5) is 8.64. The van der Waals surface area contributed by atoms with Crippen molar-refractivity contribution in [2.45, 2.75) is 38.4 Å². The van der Waals surface area contributed by atoms with Gasteiger partial charge in [-0.3, -0.25) is 0 Å². The van der Waals surface area contributed by atoms with Crippen LogP contribution in [0.1, 0.15) is 31.2 Å². The Morgan fingerprint density at radius 2 is 2.17 bits per heavy atom. The number of nitrogen functional groups attached to an aromatic ring is 1. The topological polar surface area (TPSA) is 103 Å². The van der Waals surface area contributed by atoms with E-state index in [1.54, 1.807) is 19.4 Å². The van der Waals surface area contributed by atoms with E-state index in [-0.39, 0.29) is 24.4 Å². The van der Waals surface area contributed by atoms with E-state index in [4.69, 9.17) is 26.8 Å². The molecule has 1 unspecified atom stereocenters. The number of pyridine rings is 1. The molecule has 1 aliphatic rings. The minimum absolute atomic E-state index is 0.232. The summed E-state index contributed by atoms with van der Waals surface area (Å²) in [5.41, 5.74) is 7.31. The number of ether oxygens (including phenoxy) is 2. The summed E-state index contributed by atoms with van der Waals surface area (Å²) in [5.74, 6) is 1.85. The molecule has 7 nitrogen and oxygen atoms in total. The highest BCUT2D eigenvalue weighted by molar-refractivity contribution is 7.22. The van der Waals surface area contributed by atoms with Crippen molar-refractivity contribution < 1.29 is 14.6 Å². The van der Waals surface area contributed by atoms with Gasteiger partial charge < -0.3 is 25.6 Å². The lowest BCUT2D eigenvalue weighted by atomic mass is 9.86. The zero-order valence-corrected chi connectivity index (χ0v) is 18.3. The van der Waals surface area contributed by atoms with Gasteiger partial charge in [0.15, 0.2) is 5.13 Å². The molecule has 1 saturated carbocycles. The van der Waals surface area contributed by atoms with E-state index in [2.05, 4.69) is 15.3 Å². The average Bonchev–Trinajstić information content (AvgIpc) is 3.16. The highest BCUT2D eigenvalue weighted by Crippen LogP contribution is 2.37. The molecule has 0 amide bonds. The molecule has 1 aromatic carbocycles. The fourth-order valence-electron chi connectivity index (χ4n) is 3.71. The van der Waals surface area contributed by atoms with Gasteiger partial charge in [-0.25, -0.2) is 9.97 Å². The number of aliphatic hydroxyl groups is 1. The number of nitrogens with two attached hydrogens (primary N) is 1. The molecule has 0 spiro atoms. The number of nitrogens with one attached hydrogen (secondary N) is 1. The minimum atomic E-state index is -0.232. The number of hydrogen-bond acceptors (Lipinski definition) is 8. The number of aliphatic hydroxyl groups excluding tert-OH is 1. The SMILES string of the molecule is COc1cc(OCc2ccnc(N)c2Cl)cc2sc(NCC3CCCC[C@H]3O)nc12. The number of thiazole rings is 1. The molecule has 9 heteroatoms. The van der Waals surface area contributed by atoms with Crippen LogP contribution in [0.4, 0.5) is 10.9 Å². The van der Waals surface area contributed by atoms with E-state index in [0.29, 0.717) is 23.1 Å². The zero-order valence-electron chi connectivity index (χ0n) is 16.7. The second-order valence-electron chi connectivity index (χ2n) is 7.44. The standard InChI is InChI=1S/C21H25ClN4O3S/c1-28-16-8-14(29-11-13-6-7-24-20(23)18(13)22)9-17-19(16)26-21(30-17)25-10-12-4-2-3-5-15(12)27/h6-9,12,15,27H,2-5,10-11H2,1H3,(H2,23,24)(H,25,26)/t12?,15-/m1/s1. The van der Waals surface area contributed by atoms with Gasteiger partial charge in [0.25, 0.3) is 0 Å². The van der Waals surface area contributed by atoms with Gasteiger partial charge in [-0.15, -0.1) is 0 Å². The lowest BCUT2D eigenvalue weighted by Gasteiger charge is -2.27. The Hall–Kier alpha value is -2.29. The number of rotatable bonds is 7. The summed E-state index contributed by atoms with van der Waals surface area (Å²) in [6.45, 7) is 0.984. The second-order valence-corrected chi connectivity index (χ2v) is 8.85. The van der Waals surface area contributed by atoms with Gasteiger partial charge >= 0.3 is 0 Å². The summed E-state index contributed by atoms with van der Waals surface area (Å²) in [6.07, 6.45) is 5.58. The predicted octanol–water partition coefficient (Wildman–Crippen LogP) is 4.48. The molecule has 0 aliphatic heterocycles. The van der Waals surface area contributed by atoms with Crippen molar-refractivity contribution in [1.82, 2.24) is 9.97 Å². The number of methoxy groups -OCH3 is 1. The smallest absolute Gasteiger partial charge is 0.183 e. The highest BCUT2D eigenvalue weighted by Gasteiger charge is 2.23. The Morgan fingerprint density at radius 1 is 1.33 bits per heavy atom. The number of hydrogen-bond donors (Lipinski definition) is 3. The number of benzene rings is 1. The van der Waals surface area contributed by atoms with Gasteiger partial charge in [-0.2, -0.15) is 0 Å². The molecule has 160 valence electrons. The van der Waals surface area contributed by atoms with E-state index in [9.17, 15) is 5.11 Å². The van der Waals surface area contributed by atoms with Crippen LogP contribution in [0.2, 0.25) is 5.02 Å². The number of aromatic nitrogens is 2. The molecule has 0 bridgehead atoms. The van der Waals surface area contributed by atoms with Gasteiger partial charge in [0.2, 0.25) is 0 Å². The lowest BCUT2D eigenvalue weighted by Crippen LogP contribution is -2.30. The molecule has 2 heterocycles. The summed E-state index contributed by atoms with van der Waals surface area (Å²) in [6, 6.07) is 5.53. The fourth-order valence-corrected chi connectivity index (χ4v) is 4.79. The van der Waals surface area contributed by atoms with Crippen LogP contribution >= 0.6 is 22.9 Å². The van der Waals surface area contributed by atoms with Crippen LogP contribution in [0.25, 0.3) is 10.2 Å². The van der Waals surface area contributed by atoms with Crippen LogP contribution in [0.3, 0.4) is 0 Å². The van der Waals surface area contributed by atoms with Gasteiger partial charge in [-0.1, -0.05) is 35.8 Å². The average molecular weight is 449 g/mol. The zero-order chi connectivity index (χ0) is 21.1. The third-order valence-electron chi connectivity index (χ3n) is 5.43. The predicted molar refractivity (Wildman–Crippen MR) is 121 cm³/mol. The summed E-state index contributed by atoms with van der Waals surface area (Å²) >= 11 is 7.74. The summed E-state index contributed by atoms with van der Waals surface area (Å²) in [5, 5.41) is 14.8. The van der Waals surface area contributed by atoms with Crippen molar-refractivity contribution in [3.8, 4) is 11.5 Å². The molecule has 1 fully saturated rings. The van der Waals surface area contributed by atoms with Crippen LogP contribution < -0.4 is 20.5 Å². The van der Waals surface area contributed by atoms with Gasteiger partial charge in [0.05, 0.1) is 22.9 Å². The van der Waals surface area contributed by atoms with E-state index >= 15 is 0 Å². The number of nitrogens with zero attached hydrogens (tertiary/aromatic N) is 2. The first-order chi connectivity index (χ1) is 14.5. The van der Waals surface area contributed by atoms with E-state index in [0.717, 1.165) is 40.2 Å². The fraction of sp³-hybridized carbons (Fsp3) is 0.429. The van der Waals surface area contributed by atoms with Gasteiger partial charge in [-0.05, 0) is 25.0 Å². The highest BCUT2D eigenvalue weighted by atomic mass is 35.5. The monoisotopic (exact) mass is 448 g/mol. The van der Waals surface area contributed by atoms with E-state index in [1.165, 1.54) is 17.8 Å². The van der Waals surface area contributed by atoms with Crippen LogP contribution in [0.5, 0.6) is 11.5 Å². The molecule has 3 aromatic rings. The largest absolute Gasteiger partial charge is 0.494 e. The van der Waals surface area contributed by atoms with Crippen molar-refractivity contribution in [3.63, 3.8) is 0 Å². The molecular formula is C21H25ClN4O3S. The Kier molecular flexibility index (Phi) is 6.46. The van der Waals surface area contributed by atoms with Crippen LogP contribution in [-0.4, -0.2) is 34.8 Å². The lowest BCUT2D eigenvalue weighted by molar-refractivity contribution is 0.0763. The molecular weight excluding hydrogens is 424 g/mol. The summed E-state index contributed by atoms with van der Waals surface area (Å²) < 4.78 is 12.4. The van der Waals surface area contributed by atoms with Crippen molar-refractivity contribution in [2.24, 2.45) is 5.92 Å². The molecule has 0 saturated heterocycles. The van der Waals surface area contributed by atoms with E-state index < -0.39 is 0 Å². The van der Waals surface area contributed by atoms with Crippen molar-refractivity contribution in [3.05, 3.63) is 35.0 Å². The van der Waals surface area contributed by atoms with Crippen LogP contribution in [0.15, 0.2) is 24.4 Å². The van der Waals surface area contributed by atoms with Gasteiger partial charge in [0.1, 0.15) is 29.4 Å². The maximum Gasteiger partial charge on any atom is 0.183 e. The molecule has 2 atom stereocenters. The molecule has 4 rings (SSSR count). The third kappa shape index (κ3) is 4.55. The van der Waals surface area contributed by atoms with Crippen LogP contribution in [-0.2, 0) is 6.61 Å². The third-order valence-corrected chi connectivity index (χ3v) is 6.82. The second kappa shape index (κ2) is 9.24. The van der Waals surface area contributed by atoms with Crippen molar-refractivity contribution in [1.29, 1.82) is 0 Å². The quantitative estimate of drug-likeness (QED) is 0.489. The summed E-state index contributed by atoms with van der Waals surface area (Å²) in [7, 11) is 1.61. The normalized spacial score (nSPS) is 19.0. The Morgan fingerprint density at radius 3 is 2.97 bits per heavy atom. The van der Waals surface area contributed by atoms with Crippen molar-refractivity contribution in [2.75, 3.05) is 24.7 Å². The molecule has 2 aromatic heterocycles. The molecule has 4 N–H and O–H groups in total. The Bertz CT molecular complexity index is 1030. The number of anilines is 2. The maximum absolute atomic E-state index is 10.2. The first-order valence-corrected chi connectivity index (χ1v) is 11.2. The minimum Gasteiger partial charge on any atom is -0.494 e. The van der Waals surface area contributed by atoms with Crippen LogP contribution in [0, 0.1) is 5.92 Å². The Balaban J connectivity index is 1.49. The Labute approximate surface area is 184 Å². The van der Waals surface area contributed by atoms with Crippen molar-refractivity contribution >= 4 is 44.1 Å². The number of halogens is 1. The van der Waals surface area contributed by atoms with Gasteiger partial charge in [0, 0.05) is 30.3 Å². The molecule has 30 heavy (non-hydrogen) atoms.